The lowest BCUT2D eigenvalue weighted by Gasteiger charge is -2.38. The van der Waals surface area contributed by atoms with Crippen molar-refractivity contribution in [2.75, 3.05) is 13.1 Å². The zero-order valence-electron chi connectivity index (χ0n) is 15.1. The summed E-state index contributed by atoms with van der Waals surface area (Å²) in [4.78, 5) is 13.4. The van der Waals surface area contributed by atoms with Crippen LogP contribution in [0, 0.1) is 5.92 Å². The van der Waals surface area contributed by atoms with Gasteiger partial charge in [0.2, 0.25) is 0 Å². The number of likely N-dealkylation sites (tertiary alicyclic amines) is 1. The molecule has 1 unspecified atom stereocenters. The lowest BCUT2D eigenvalue weighted by molar-refractivity contribution is -0.137. The highest BCUT2D eigenvalue weighted by atomic mass is 16.4. The SMILES string of the molecule is CCCCC(CCCC(=O)O)N1CCC(Cc2ccccc2)CC1. The average Bonchev–Trinajstić information content (AvgIpc) is 2.59. The molecule has 1 N–H and O–H groups in total. The molecule has 0 aromatic heterocycles. The van der Waals surface area contributed by atoms with Gasteiger partial charge >= 0.3 is 5.97 Å². The van der Waals surface area contributed by atoms with E-state index in [-0.39, 0.29) is 0 Å². The number of benzene rings is 1. The molecule has 0 aliphatic carbocycles. The fourth-order valence-corrected chi connectivity index (χ4v) is 3.91. The van der Waals surface area contributed by atoms with Crippen LogP contribution in [-0.4, -0.2) is 35.1 Å². The fourth-order valence-electron chi connectivity index (χ4n) is 3.91. The number of piperidine rings is 1. The predicted octanol–water partition coefficient (Wildman–Crippen LogP) is 4.75. The van der Waals surface area contributed by atoms with Crippen molar-refractivity contribution in [3.63, 3.8) is 0 Å². The molecule has 0 spiro atoms. The topological polar surface area (TPSA) is 40.5 Å². The molecular weight excluding hydrogens is 298 g/mol. The maximum atomic E-state index is 10.8. The van der Waals surface area contributed by atoms with Crippen molar-refractivity contribution >= 4 is 5.97 Å². The monoisotopic (exact) mass is 331 g/mol. The highest BCUT2D eigenvalue weighted by Gasteiger charge is 2.24. The smallest absolute Gasteiger partial charge is 0.303 e. The van der Waals surface area contributed by atoms with Crippen LogP contribution in [0.25, 0.3) is 0 Å². The predicted molar refractivity (Wildman–Crippen MR) is 99.2 cm³/mol. The summed E-state index contributed by atoms with van der Waals surface area (Å²) in [5, 5.41) is 8.87. The number of hydrogen-bond acceptors (Lipinski definition) is 2. The molecule has 0 radical (unpaired) electrons. The van der Waals surface area contributed by atoms with E-state index in [2.05, 4.69) is 42.2 Å². The summed E-state index contributed by atoms with van der Waals surface area (Å²) < 4.78 is 0. The third kappa shape index (κ3) is 6.64. The average molecular weight is 332 g/mol. The van der Waals surface area contributed by atoms with Gasteiger partial charge in [-0.15, -0.1) is 0 Å². The van der Waals surface area contributed by atoms with E-state index < -0.39 is 5.97 Å². The Bertz CT molecular complexity index is 466. The van der Waals surface area contributed by atoms with Gasteiger partial charge < -0.3 is 10.0 Å². The quantitative estimate of drug-likeness (QED) is 0.672. The Kier molecular flexibility index (Phi) is 8.31. The van der Waals surface area contributed by atoms with Gasteiger partial charge in [0.25, 0.3) is 0 Å². The third-order valence-electron chi connectivity index (χ3n) is 5.35. The zero-order chi connectivity index (χ0) is 17.2. The van der Waals surface area contributed by atoms with Gasteiger partial charge in [-0.25, -0.2) is 0 Å². The van der Waals surface area contributed by atoms with Crippen LogP contribution in [0.3, 0.4) is 0 Å². The molecule has 0 amide bonds. The van der Waals surface area contributed by atoms with Crippen molar-refractivity contribution in [1.82, 2.24) is 4.90 Å². The number of carboxylic acids is 1. The van der Waals surface area contributed by atoms with E-state index in [0.717, 1.165) is 18.8 Å². The first-order valence-electron chi connectivity index (χ1n) is 9.68. The molecule has 1 aliphatic rings. The molecule has 1 fully saturated rings. The van der Waals surface area contributed by atoms with Crippen LogP contribution in [0.15, 0.2) is 30.3 Å². The molecule has 2 rings (SSSR count). The van der Waals surface area contributed by atoms with Crippen LogP contribution < -0.4 is 0 Å². The van der Waals surface area contributed by atoms with E-state index in [4.69, 9.17) is 5.11 Å². The maximum Gasteiger partial charge on any atom is 0.303 e. The Hall–Kier alpha value is -1.35. The first-order valence-corrected chi connectivity index (χ1v) is 9.68. The number of nitrogens with zero attached hydrogens (tertiary/aromatic N) is 1. The Balaban J connectivity index is 1.78. The maximum absolute atomic E-state index is 10.8. The lowest BCUT2D eigenvalue weighted by Crippen LogP contribution is -2.41. The minimum atomic E-state index is -0.661. The van der Waals surface area contributed by atoms with Gasteiger partial charge in [0.15, 0.2) is 0 Å². The van der Waals surface area contributed by atoms with Crippen LogP contribution in [0.1, 0.15) is 63.9 Å². The fraction of sp³-hybridized carbons (Fsp3) is 0.667. The van der Waals surface area contributed by atoms with Gasteiger partial charge in [-0.1, -0.05) is 50.1 Å². The van der Waals surface area contributed by atoms with E-state index in [1.807, 2.05) is 0 Å². The molecule has 0 saturated carbocycles. The summed E-state index contributed by atoms with van der Waals surface area (Å²) in [5.74, 6) is 0.139. The molecule has 134 valence electrons. The van der Waals surface area contributed by atoms with Gasteiger partial charge in [0, 0.05) is 12.5 Å². The summed E-state index contributed by atoms with van der Waals surface area (Å²) in [5.41, 5.74) is 1.46. The van der Waals surface area contributed by atoms with Crippen LogP contribution in [-0.2, 0) is 11.2 Å². The number of aliphatic carboxylic acids is 1. The van der Waals surface area contributed by atoms with Gasteiger partial charge in [-0.05, 0) is 63.1 Å². The van der Waals surface area contributed by atoms with Crippen LogP contribution >= 0.6 is 0 Å². The van der Waals surface area contributed by atoms with Crippen molar-refractivity contribution in [2.45, 2.75) is 70.8 Å². The molecule has 24 heavy (non-hydrogen) atoms. The van der Waals surface area contributed by atoms with Crippen molar-refractivity contribution in [2.24, 2.45) is 5.92 Å². The largest absolute Gasteiger partial charge is 0.481 e. The number of rotatable bonds is 10. The number of unbranched alkanes of at least 4 members (excludes halogenated alkanes) is 1. The molecule has 1 aliphatic heterocycles. The lowest BCUT2D eigenvalue weighted by atomic mass is 9.88. The molecule has 1 atom stereocenters. The molecule has 1 heterocycles. The van der Waals surface area contributed by atoms with Gasteiger partial charge in [0.1, 0.15) is 0 Å². The van der Waals surface area contributed by atoms with Gasteiger partial charge in [-0.2, -0.15) is 0 Å². The Morgan fingerprint density at radius 1 is 1.17 bits per heavy atom. The summed E-state index contributed by atoms with van der Waals surface area (Å²) >= 11 is 0. The zero-order valence-corrected chi connectivity index (χ0v) is 15.1. The van der Waals surface area contributed by atoms with Crippen LogP contribution in [0.4, 0.5) is 0 Å². The number of carboxylic acid groups (broad SMARTS) is 1. The third-order valence-corrected chi connectivity index (χ3v) is 5.35. The Labute approximate surface area is 147 Å². The van der Waals surface area contributed by atoms with Crippen LogP contribution in [0.5, 0.6) is 0 Å². The highest BCUT2D eigenvalue weighted by molar-refractivity contribution is 5.66. The summed E-state index contributed by atoms with van der Waals surface area (Å²) in [6.07, 6.45) is 9.61. The minimum Gasteiger partial charge on any atom is -0.481 e. The molecule has 0 bridgehead atoms. The van der Waals surface area contributed by atoms with Crippen molar-refractivity contribution in [1.29, 1.82) is 0 Å². The Morgan fingerprint density at radius 2 is 1.83 bits per heavy atom. The summed E-state index contributed by atoms with van der Waals surface area (Å²) in [6, 6.07) is 11.4. The second kappa shape index (κ2) is 10.5. The van der Waals surface area contributed by atoms with E-state index in [9.17, 15) is 4.79 Å². The Morgan fingerprint density at radius 3 is 2.46 bits per heavy atom. The van der Waals surface area contributed by atoms with Gasteiger partial charge in [-0.3, -0.25) is 4.79 Å². The van der Waals surface area contributed by atoms with E-state index in [1.165, 1.54) is 57.2 Å². The molecule has 1 aromatic carbocycles. The normalized spacial score (nSPS) is 17.7. The second-order valence-electron chi connectivity index (χ2n) is 7.25. The first-order chi connectivity index (χ1) is 11.7. The number of hydrogen-bond donors (Lipinski definition) is 1. The van der Waals surface area contributed by atoms with Gasteiger partial charge in [0.05, 0.1) is 0 Å². The standard InChI is InChI=1S/C21H33NO2/c1-2-3-10-20(11-7-12-21(23)24)22-15-13-19(14-16-22)17-18-8-5-4-6-9-18/h4-6,8-9,19-20H,2-3,7,10-17H2,1H3,(H,23,24). The van der Waals surface area contributed by atoms with Crippen molar-refractivity contribution < 1.29 is 9.90 Å². The first kappa shape index (κ1) is 19.0. The van der Waals surface area contributed by atoms with Crippen molar-refractivity contribution in [3.8, 4) is 0 Å². The van der Waals surface area contributed by atoms with E-state index in [1.54, 1.807) is 0 Å². The van der Waals surface area contributed by atoms with E-state index in [0.29, 0.717) is 12.5 Å². The molecule has 3 heteroatoms. The van der Waals surface area contributed by atoms with Crippen molar-refractivity contribution in [3.05, 3.63) is 35.9 Å². The number of carbonyl (C=O) groups is 1. The molecule has 3 nitrogen and oxygen atoms in total. The summed E-state index contributed by atoms with van der Waals surface area (Å²) in [6.45, 7) is 4.60. The molecule has 1 aromatic rings. The summed E-state index contributed by atoms with van der Waals surface area (Å²) in [7, 11) is 0. The molecular formula is C21H33NO2. The minimum absolute atomic E-state index is 0.313. The van der Waals surface area contributed by atoms with Crippen LogP contribution in [0.2, 0.25) is 0 Å². The van der Waals surface area contributed by atoms with E-state index >= 15 is 0 Å². The highest BCUT2D eigenvalue weighted by Crippen LogP contribution is 2.26. The second-order valence-corrected chi connectivity index (χ2v) is 7.25. The molecule has 1 saturated heterocycles.